The van der Waals surface area contributed by atoms with Gasteiger partial charge in [-0.1, -0.05) is 30.3 Å². The summed E-state index contributed by atoms with van der Waals surface area (Å²) < 4.78 is 37.5. The first-order chi connectivity index (χ1) is 14.9. The summed E-state index contributed by atoms with van der Waals surface area (Å²) in [6, 6.07) is 13.5. The van der Waals surface area contributed by atoms with Crippen molar-refractivity contribution in [1.82, 2.24) is 14.7 Å². The van der Waals surface area contributed by atoms with E-state index in [1.54, 1.807) is 12.1 Å². The average molecular weight is 449 g/mol. The van der Waals surface area contributed by atoms with Crippen LogP contribution in [0.1, 0.15) is 5.56 Å². The van der Waals surface area contributed by atoms with E-state index in [0.29, 0.717) is 5.75 Å². The smallest absolute Gasteiger partial charge is 0.410 e. The lowest BCUT2D eigenvalue weighted by molar-refractivity contribution is -0.134. The van der Waals surface area contributed by atoms with E-state index in [1.807, 2.05) is 18.2 Å². The van der Waals surface area contributed by atoms with Crippen LogP contribution in [0.25, 0.3) is 0 Å². The van der Waals surface area contributed by atoms with Gasteiger partial charge in [-0.05, 0) is 29.8 Å². The third-order valence-corrected chi connectivity index (χ3v) is 6.80. The number of hydrogen-bond acceptors (Lipinski definition) is 7. The van der Waals surface area contributed by atoms with Gasteiger partial charge in [0.05, 0.1) is 12.0 Å². The van der Waals surface area contributed by atoms with Crippen LogP contribution in [0.3, 0.4) is 0 Å². The Kier molecular flexibility index (Phi) is 7.10. The van der Waals surface area contributed by atoms with Crippen molar-refractivity contribution < 1.29 is 32.7 Å². The monoisotopic (exact) mass is 449 g/mol. The Morgan fingerprint density at radius 1 is 1.10 bits per heavy atom. The zero-order chi connectivity index (χ0) is 22.4. The van der Waals surface area contributed by atoms with Crippen LogP contribution in [0, 0.1) is 0 Å². The van der Waals surface area contributed by atoms with Crippen LogP contribution in [0.4, 0.5) is 4.79 Å². The normalized spacial score (nSPS) is 17.1. The molecular weight excluding hydrogens is 426 g/mol. The quantitative estimate of drug-likeness (QED) is 0.502. The number of methoxy groups -OCH3 is 1. The molecule has 166 valence electrons. The number of rotatable bonds is 6. The van der Waals surface area contributed by atoms with Gasteiger partial charge in [-0.25, -0.2) is 18.7 Å². The summed E-state index contributed by atoms with van der Waals surface area (Å²) in [5.41, 5.74) is 2.27. The second-order valence-electron chi connectivity index (χ2n) is 6.77. The van der Waals surface area contributed by atoms with Crippen LogP contribution in [0.5, 0.6) is 5.75 Å². The number of ether oxygens (including phenoxy) is 2. The molecule has 0 bridgehead atoms. The molecule has 2 aromatic rings. The predicted octanol–water partition coefficient (Wildman–Crippen LogP) is 1.21. The molecule has 2 amide bonds. The Labute approximate surface area is 180 Å². The van der Waals surface area contributed by atoms with Crippen LogP contribution in [-0.4, -0.2) is 67.6 Å². The number of benzene rings is 2. The van der Waals surface area contributed by atoms with Crippen molar-refractivity contribution in [2.24, 2.45) is 0 Å². The zero-order valence-electron chi connectivity index (χ0n) is 16.8. The van der Waals surface area contributed by atoms with Crippen LogP contribution >= 0.6 is 0 Å². The number of nitrogens with zero attached hydrogens (tertiary/aromatic N) is 2. The van der Waals surface area contributed by atoms with Crippen molar-refractivity contribution >= 4 is 22.0 Å². The molecule has 0 radical (unpaired) electrons. The summed E-state index contributed by atoms with van der Waals surface area (Å²) in [5, 5.41) is 9.11. The summed E-state index contributed by atoms with van der Waals surface area (Å²) in [6.07, 6.45) is -0.680. The number of carbonyl (C=O) groups is 2. The molecule has 2 aromatic carbocycles. The highest BCUT2D eigenvalue weighted by atomic mass is 32.2. The lowest BCUT2D eigenvalue weighted by Gasteiger charge is -2.38. The fourth-order valence-corrected chi connectivity index (χ4v) is 4.77. The van der Waals surface area contributed by atoms with Gasteiger partial charge in [-0.2, -0.15) is 4.31 Å². The maximum absolute atomic E-state index is 13.1. The first-order valence-corrected chi connectivity index (χ1v) is 10.9. The topological polar surface area (TPSA) is 125 Å². The molecule has 2 N–H and O–H groups in total. The van der Waals surface area contributed by atoms with Gasteiger partial charge in [0.15, 0.2) is 0 Å². The number of hydroxylamine groups is 1. The number of piperazine rings is 1. The van der Waals surface area contributed by atoms with Gasteiger partial charge in [0.2, 0.25) is 10.0 Å². The molecule has 3 rings (SSSR count). The second kappa shape index (κ2) is 9.77. The molecule has 1 heterocycles. The first kappa shape index (κ1) is 22.5. The van der Waals surface area contributed by atoms with E-state index in [1.165, 1.54) is 41.8 Å². The van der Waals surface area contributed by atoms with Crippen molar-refractivity contribution in [2.75, 3.05) is 26.7 Å². The van der Waals surface area contributed by atoms with E-state index in [0.717, 1.165) is 9.87 Å². The lowest BCUT2D eigenvalue weighted by atomic mass is 10.2. The number of nitrogens with one attached hydrogen (secondary N) is 1. The van der Waals surface area contributed by atoms with Gasteiger partial charge in [0.25, 0.3) is 5.91 Å². The Morgan fingerprint density at radius 3 is 2.39 bits per heavy atom. The highest BCUT2D eigenvalue weighted by Gasteiger charge is 2.41. The van der Waals surface area contributed by atoms with Gasteiger partial charge in [-0.15, -0.1) is 0 Å². The van der Waals surface area contributed by atoms with Gasteiger partial charge >= 0.3 is 6.09 Å². The molecule has 11 heteroatoms. The fourth-order valence-electron chi connectivity index (χ4n) is 3.20. The molecule has 1 saturated heterocycles. The minimum absolute atomic E-state index is 0.0260. The lowest BCUT2D eigenvalue weighted by Crippen LogP contribution is -2.61. The number of hydrogen-bond donors (Lipinski definition) is 2. The number of carbonyl (C=O) groups excluding carboxylic acids is 2. The molecule has 1 fully saturated rings. The molecule has 0 saturated carbocycles. The second-order valence-corrected chi connectivity index (χ2v) is 8.66. The number of sulfonamides is 1. The Hall–Kier alpha value is -3.15. The molecule has 0 aromatic heterocycles. The molecule has 1 aliphatic rings. The summed E-state index contributed by atoms with van der Waals surface area (Å²) in [7, 11) is -2.61. The van der Waals surface area contributed by atoms with Crippen molar-refractivity contribution in [3.8, 4) is 5.75 Å². The van der Waals surface area contributed by atoms with Crippen molar-refractivity contribution in [2.45, 2.75) is 17.5 Å². The molecule has 31 heavy (non-hydrogen) atoms. The van der Waals surface area contributed by atoms with E-state index in [-0.39, 0.29) is 31.1 Å². The molecule has 1 atom stereocenters. The van der Waals surface area contributed by atoms with E-state index < -0.39 is 28.1 Å². The van der Waals surface area contributed by atoms with Crippen LogP contribution in [-0.2, 0) is 26.2 Å². The Morgan fingerprint density at radius 2 is 1.77 bits per heavy atom. The fraction of sp³-hybridized carbons (Fsp3) is 0.300. The standard InChI is InChI=1S/C20H23N3O7S/c1-29-16-7-9-17(10-8-16)31(27,28)23-12-11-22(13-18(23)19(24)21-26)20(25)30-14-15-5-3-2-4-6-15/h2-10,18,26H,11-14H2,1H3,(H,21,24)/t18-/m0/s1. The third kappa shape index (κ3) is 5.13. The highest BCUT2D eigenvalue weighted by Crippen LogP contribution is 2.24. The zero-order valence-corrected chi connectivity index (χ0v) is 17.6. The van der Waals surface area contributed by atoms with E-state index >= 15 is 0 Å². The molecule has 0 spiro atoms. The number of amides is 2. The summed E-state index contributed by atoms with van der Waals surface area (Å²) >= 11 is 0. The van der Waals surface area contributed by atoms with Crippen molar-refractivity contribution in [3.05, 3.63) is 60.2 Å². The molecule has 1 aliphatic heterocycles. The highest BCUT2D eigenvalue weighted by molar-refractivity contribution is 7.89. The average Bonchev–Trinajstić information content (AvgIpc) is 2.82. The Balaban J connectivity index is 1.74. The Bertz CT molecular complexity index is 1010. The maximum Gasteiger partial charge on any atom is 0.410 e. The predicted molar refractivity (Wildman–Crippen MR) is 109 cm³/mol. The largest absolute Gasteiger partial charge is 0.497 e. The van der Waals surface area contributed by atoms with E-state index in [2.05, 4.69) is 0 Å². The van der Waals surface area contributed by atoms with Gasteiger partial charge in [0.1, 0.15) is 18.4 Å². The maximum atomic E-state index is 13.1. The van der Waals surface area contributed by atoms with Crippen LogP contribution < -0.4 is 10.2 Å². The minimum Gasteiger partial charge on any atom is -0.497 e. The van der Waals surface area contributed by atoms with Crippen molar-refractivity contribution in [3.63, 3.8) is 0 Å². The molecular formula is C20H23N3O7S. The van der Waals surface area contributed by atoms with E-state index in [9.17, 15) is 18.0 Å². The molecule has 0 unspecified atom stereocenters. The summed E-state index contributed by atoms with van der Waals surface area (Å²) in [5.74, 6) is -0.466. The third-order valence-electron chi connectivity index (χ3n) is 4.87. The first-order valence-electron chi connectivity index (χ1n) is 9.42. The molecule has 10 nitrogen and oxygen atoms in total. The van der Waals surface area contributed by atoms with Crippen LogP contribution in [0.15, 0.2) is 59.5 Å². The molecule has 0 aliphatic carbocycles. The summed E-state index contributed by atoms with van der Waals surface area (Å²) in [4.78, 5) is 25.9. The summed E-state index contributed by atoms with van der Waals surface area (Å²) in [6.45, 7) is -0.346. The van der Waals surface area contributed by atoms with Crippen LogP contribution in [0.2, 0.25) is 0 Å². The van der Waals surface area contributed by atoms with Crippen molar-refractivity contribution in [1.29, 1.82) is 0 Å². The van der Waals surface area contributed by atoms with Gasteiger partial charge in [-0.3, -0.25) is 10.0 Å². The minimum atomic E-state index is -4.07. The van der Waals surface area contributed by atoms with E-state index in [4.69, 9.17) is 14.7 Å². The SMILES string of the molecule is COc1ccc(S(=O)(=O)N2CCN(C(=O)OCc3ccccc3)C[C@H]2C(=O)NO)cc1. The van der Waals surface area contributed by atoms with Gasteiger partial charge in [0, 0.05) is 19.6 Å². The van der Waals surface area contributed by atoms with Gasteiger partial charge < -0.3 is 14.4 Å².